The molecule has 0 rings (SSSR count). The molecule has 0 saturated carbocycles. The molecule has 0 bridgehead atoms. The molecule has 4 atom stereocenters. The summed E-state index contributed by atoms with van der Waals surface area (Å²) in [6.45, 7) is 1.42. The van der Waals surface area contributed by atoms with Crippen molar-refractivity contribution in [2.24, 2.45) is 0 Å². The first kappa shape index (κ1) is 32.0. The number of aliphatic hydroxyl groups excluding tert-OH is 4. The molecule has 0 spiro atoms. The van der Waals surface area contributed by atoms with Gasteiger partial charge in [0.25, 0.3) is 0 Å². The fourth-order valence-electron chi connectivity index (χ4n) is 1.62. The third-order valence-electron chi connectivity index (χ3n) is 2.66. The van der Waals surface area contributed by atoms with Crippen LogP contribution in [0.1, 0.15) is 0 Å². The summed E-state index contributed by atoms with van der Waals surface area (Å²) in [5.41, 5.74) is 0. The second-order valence-corrected chi connectivity index (χ2v) is 8.71. The van der Waals surface area contributed by atoms with Crippen LogP contribution in [0.5, 0.6) is 0 Å². The van der Waals surface area contributed by atoms with Crippen LogP contribution < -0.4 is 10.2 Å². The number of carbonyl (C=O) groups excluding carboxylic acids is 2. The van der Waals surface area contributed by atoms with E-state index < -0.39 is 24.1 Å². The van der Waals surface area contributed by atoms with Crippen LogP contribution in [0, 0.1) is 0 Å². The van der Waals surface area contributed by atoms with E-state index in [9.17, 15) is 19.8 Å². The Hall–Kier alpha value is -0.720. The number of nitrogens with zero attached hydrogens (tertiary/aromatic N) is 2. The van der Waals surface area contributed by atoms with Crippen molar-refractivity contribution in [3.05, 3.63) is 0 Å². The Kier molecular flexibility index (Phi) is 17.3. The summed E-state index contributed by atoms with van der Waals surface area (Å²) < 4.78 is 1.52. The number of alkyl halides is 2. The van der Waals surface area contributed by atoms with Gasteiger partial charge < -0.3 is 49.2 Å². The first-order chi connectivity index (χ1) is 12.4. The summed E-state index contributed by atoms with van der Waals surface area (Å²) in [5.74, 6) is -3.46. The van der Waals surface area contributed by atoms with Crippen molar-refractivity contribution in [1.82, 2.24) is 0 Å². The Morgan fingerprint density at radius 2 is 0.929 bits per heavy atom. The maximum atomic E-state index is 9.63. The molecule has 0 aromatic heterocycles. The zero-order valence-electron chi connectivity index (χ0n) is 17.2. The van der Waals surface area contributed by atoms with Gasteiger partial charge in [-0.05, 0) is 0 Å². The van der Waals surface area contributed by atoms with Gasteiger partial charge in [-0.2, -0.15) is 0 Å². The number of carboxylic acid groups (broad SMARTS) is 2. The minimum atomic E-state index is -2.44. The number of aliphatic carboxylic acids is 2. The third-order valence-corrected chi connectivity index (χ3v) is 3.37. The van der Waals surface area contributed by atoms with Gasteiger partial charge in [0, 0.05) is 0 Å². The highest BCUT2D eigenvalue weighted by atomic mass is 35.5. The quantitative estimate of drug-likeness (QED) is 0.202. The first-order valence-corrected chi connectivity index (χ1v) is 9.31. The van der Waals surface area contributed by atoms with Gasteiger partial charge in [0.15, 0.2) is 0 Å². The summed E-state index contributed by atoms with van der Waals surface area (Å²) in [7, 11) is 12.1. The highest BCUT2D eigenvalue weighted by Crippen LogP contribution is 1.96. The Labute approximate surface area is 176 Å². The van der Waals surface area contributed by atoms with Crippen LogP contribution in [-0.4, -0.2) is 133 Å². The highest BCUT2D eigenvalue weighted by molar-refractivity contribution is 6.18. The molecule has 170 valence electrons. The summed E-state index contributed by atoms with van der Waals surface area (Å²) >= 11 is 10.8. The van der Waals surface area contributed by atoms with Gasteiger partial charge in [0.2, 0.25) is 0 Å². The molecule has 10 nitrogen and oxygen atoms in total. The van der Waals surface area contributed by atoms with Gasteiger partial charge in [0.05, 0.1) is 66.0 Å². The SMILES string of the molecule is C[N+](C)(C)CC(O)CCl.C[N+](C)(C)CC(O)CCl.O=C([O-])[C@H](O)[C@@H](O)C(=O)[O-]. The molecule has 0 radical (unpaired) electrons. The highest BCUT2D eigenvalue weighted by Gasteiger charge is 2.17. The molecule has 28 heavy (non-hydrogen) atoms. The molecule has 12 heteroatoms. The average molecular weight is 453 g/mol. The zero-order chi connectivity index (χ0) is 23.3. The molecule has 0 heterocycles. The van der Waals surface area contributed by atoms with Gasteiger partial charge in [0.1, 0.15) is 37.5 Å². The second kappa shape index (κ2) is 15.2. The molecule has 0 aliphatic heterocycles. The lowest BCUT2D eigenvalue weighted by Crippen LogP contribution is -2.51. The van der Waals surface area contributed by atoms with E-state index in [-0.39, 0.29) is 12.2 Å². The van der Waals surface area contributed by atoms with Crippen molar-refractivity contribution in [2.45, 2.75) is 24.4 Å². The van der Waals surface area contributed by atoms with E-state index >= 15 is 0 Å². The smallest absolute Gasteiger partial charge is 0.124 e. The number of quaternary nitrogens is 2. The molecule has 0 fully saturated rings. The molecule has 4 N–H and O–H groups in total. The number of likely N-dealkylation sites (N-methyl/N-ethyl adjacent to an activating group) is 2. The van der Waals surface area contributed by atoms with E-state index in [0.29, 0.717) is 24.8 Å². The number of aliphatic hydroxyl groups is 4. The predicted molar refractivity (Wildman–Crippen MR) is 101 cm³/mol. The minimum Gasteiger partial charge on any atom is -0.547 e. The molecule has 2 unspecified atom stereocenters. The zero-order valence-corrected chi connectivity index (χ0v) is 18.7. The van der Waals surface area contributed by atoms with E-state index in [1.165, 1.54) is 0 Å². The molecule has 0 aliphatic carbocycles. The largest absolute Gasteiger partial charge is 0.547 e. The van der Waals surface area contributed by atoms with Crippen LogP contribution in [0.15, 0.2) is 0 Å². The number of hydrogen-bond donors (Lipinski definition) is 4. The van der Waals surface area contributed by atoms with Crippen LogP contribution in [0.2, 0.25) is 0 Å². The summed E-state index contributed by atoms with van der Waals surface area (Å²) in [6.07, 6.45) is -5.62. The lowest BCUT2D eigenvalue weighted by Gasteiger charge is -2.25. The molecule has 0 amide bonds. The summed E-state index contributed by atoms with van der Waals surface area (Å²) in [6, 6.07) is 0. The first-order valence-electron chi connectivity index (χ1n) is 8.24. The average Bonchev–Trinajstić information content (AvgIpc) is 2.51. The normalized spacial score (nSPS) is 15.7. The van der Waals surface area contributed by atoms with Crippen LogP contribution >= 0.6 is 23.2 Å². The fraction of sp³-hybridized carbons (Fsp3) is 0.875. The predicted octanol–water partition coefficient (Wildman–Crippen LogP) is -4.21. The van der Waals surface area contributed by atoms with Gasteiger partial charge >= 0.3 is 0 Å². The van der Waals surface area contributed by atoms with Crippen LogP contribution in [0.3, 0.4) is 0 Å². The Morgan fingerprint density at radius 1 is 0.714 bits per heavy atom. The molecular weight excluding hydrogens is 419 g/mol. The van der Waals surface area contributed by atoms with Crippen molar-refractivity contribution < 1.29 is 49.2 Å². The van der Waals surface area contributed by atoms with Crippen LogP contribution in [-0.2, 0) is 9.59 Å². The van der Waals surface area contributed by atoms with Gasteiger partial charge in [-0.25, -0.2) is 0 Å². The van der Waals surface area contributed by atoms with Crippen molar-refractivity contribution in [3.63, 3.8) is 0 Å². The van der Waals surface area contributed by atoms with Crippen molar-refractivity contribution in [1.29, 1.82) is 0 Å². The fourth-order valence-corrected chi connectivity index (χ4v) is 1.82. The van der Waals surface area contributed by atoms with E-state index in [2.05, 4.69) is 0 Å². The molecule has 0 aromatic carbocycles. The topological polar surface area (TPSA) is 161 Å². The van der Waals surface area contributed by atoms with E-state index in [0.717, 1.165) is 8.97 Å². The van der Waals surface area contributed by atoms with Crippen molar-refractivity contribution in [3.8, 4) is 0 Å². The summed E-state index contributed by atoms with van der Waals surface area (Å²) in [5, 5.41) is 53.8. The number of carboxylic acids is 2. The van der Waals surface area contributed by atoms with Crippen LogP contribution in [0.25, 0.3) is 0 Å². The van der Waals surface area contributed by atoms with Crippen LogP contribution in [0.4, 0.5) is 0 Å². The number of halogens is 2. The Morgan fingerprint density at radius 3 is 1.00 bits per heavy atom. The lowest BCUT2D eigenvalue weighted by molar-refractivity contribution is -0.873. The standard InChI is InChI=1S/2C6H15ClNO.C4H6O6/c2*1-8(2,3)5-6(9)4-7;5-1(3(7)8)2(6)4(9)10/h2*6,9H,4-5H2,1-3H3;1-2,5-6H,(H,7,8)(H,9,10)/q2*+1;/p-2/t;;1-,2-/m..1/s1. The summed E-state index contributed by atoms with van der Waals surface area (Å²) in [4.78, 5) is 19.3. The van der Waals surface area contributed by atoms with Crippen molar-refractivity contribution in [2.75, 3.05) is 67.1 Å². The van der Waals surface area contributed by atoms with Crippen molar-refractivity contribution >= 4 is 35.1 Å². The maximum Gasteiger partial charge on any atom is 0.124 e. The molecule has 0 saturated heterocycles. The lowest BCUT2D eigenvalue weighted by atomic mass is 10.2. The van der Waals surface area contributed by atoms with Gasteiger partial charge in [-0.15, -0.1) is 23.2 Å². The number of hydrogen-bond acceptors (Lipinski definition) is 8. The maximum absolute atomic E-state index is 9.63. The Bertz CT molecular complexity index is 401. The minimum absolute atomic E-state index is 0.329. The van der Waals surface area contributed by atoms with Gasteiger partial charge in [-0.1, -0.05) is 0 Å². The third kappa shape index (κ3) is 23.3. The monoisotopic (exact) mass is 452 g/mol. The van der Waals surface area contributed by atoms with E-state index in [1.54, 1.807) is 0 Å². The molecule has 0 aromatic rings. The molecular formula is C16H34Cl2N2O8. The Balaban J connectivity index is -0.000000336. The van der Waals surface area contributed by atoms with E-state index in [1.807, 2.05) is 42.3 Å². The molecule has 0 aliphatic rings. The number of rotatable bonds is 9. The van der Waals surface area contributed by atoms with E-state index in [4.69, 9.17) is 43.6 Å². The van der Waals surface area contributed by atoms with Gasteiger partial charge in [-0.3, -0.25) is 0 Å². The number of carbonyl (C=O) groups is 2. The second-order valence-electron chi connectivity index (χ2n) is 8.09.